The van der Waals surface area contributed by atoms with Gasteiger partial charge < -0.3 is 4.98 Å². The fourth-order valence-corrected chi connectivity index (χ4v) is 3.08. The number of rotatable bonds is 3. The van der Waals surface area contributed by atoms with Gasteiger partial charge in [0.15, 0.2) is 0 Å². The van der Waals surface area contributed by atoms with Gasteiger partial charge in [0.05, 0.1) is 5.69 Å². The van der Waals surface area contributed by atoms with Crippen LogP contribution in [0.4, 0.5) is 0 Å². The van der Waals surface area contributed by atoms with E-state index in [2.05, 4.69) is 24.8 Å². The summed E-state index contributed by atoms with van der Waals surface area (Å²) in [6.45, 7) is 5.86. The van der Waals surface area contributed by atoms with Gasteiger partial charge in [0.1, 0.15) is 22.5 Å². The van der Waals surface area contributed by atoms with Crippen LogP contribution in [-0.2, 0) is 19.5 Å². The second-order valence-electron chi connectivity index (χ2n) is 5.93. The highest BCUT2D eigenvalue weighted by Crippen LogP contribution is 2.24. The van der Waals surface area contributed by atoms with Crippen LogP contribution in [-0.4, -0.2) is 31.4 Å². The Morgan fingerprint density at radius 3 is 2.65 bits per heavy atom. The Bertz CT molecular complexity index is 770. The number of aromatic amines is 1. The number of hydrogen-bond acceptors (Lipinski definition) is 5. The minimum absolute atomic E-state index is 0.0301. The molecule has 0 aromatic carbocycles. The van der Waals surface area contributed by atoms with Crippen LogP contribution in [0.5, 0.6) is 0 Å². The van der Waals surface area contributed by atoms with E-state index in [-0.39, 0.29) is 11.5 Å². The van der Waals surface area contributed by atoms with Crippen LogP contribution >= 0.6 is 23.2 Å². The highest BCUT2D eigenvalue weighted by atomic mass is 35.5. The summed E-state index contributed by atoms with van der Waals surface area (Å²) in [5.74, 6) is 0.893. The van der Waals surface area contributed by atoms with Gasteiger partial charge in [0.2, 0.25) is 0 Å². The topological polar surface area (TPSA) is 74.8 Å². The van der Waals surface area contributed by atoms with Gasteiger partial charge in [-0.3, -0.25) is 9.69 Å². The van der Waals surface area contributed by atoms with Crippen molar-refractivity contribution < 1.29 is 0 Å². The van der Waals surface area contributed by atoms with Crippen LogP contribution in [0.2, 0.25) is 10.3 Å². The lowest BCUT2D eigenvalue weighted by Gasteiger charge is -2.28. The van der Waals surface area contributed by atoms with Gasteiger partial charge in [0, 0.05) is 36.7 Å². The Morgan fingerprint density at radius 1 is 1.30 bits per heavy atom. The van der Waals surface area contributed by atoms with Gasteiger partial charge >= 0.3 is 0 Å². The first-order valence-corrected chi connectivity index (χ1v) is 8.20. The SMILES string of the molecule is CC(C)c1nc2c(c(=O)[nH]1)CCN(Cc1c(Cl)ncnc1Cl)C2. The van der Waals surface area contributed by atoms with E-state index >= 15 is 0 Å². The van der Waals surface area contributed by atoms with Crippen molar-refractivity contribution in [1.29, 1.82) is 0 Å². The third-order valence-corrected chi connectivity index (χ3v) is 4.59. The predicted octanol–water partition coefficient (Wildman–Crippen LogP) is 2.55. The van der Waals surface area contributed by atoms with E-state index < -0.39 is 0 Å². The van der Waals surface area contributed by atoms with Gasteiger partial charge in [-0.1, -0.05) is 37.0 Å². The molecule has 0 atom stereocenters. The number of nitrogens with one attached hydrogen (secondary N) is 1. The molecule has 2 aromatic heterocycles. The van der Waals surface area contributed by atoms with Crippen molar-refractivity contribution in [2.75, 3.05) is 6.54 Å². The average Bonchev–Trinajstić information content (AvgIpc) is 2.50. The third kappa shape index (κ3) is 3.39. The maximum Gasteiger partial charge on any atom is 0.254 e. The van der Waals surface area contributed by atoms with E-state index in [1.54, 1.807) is 0 Å². The molecule has 0 saturated heterocycles. The highest BCUT2D eigenvalue weighted by molar-refractivity contribution is 6.34. The molecule has 0 spiro atoms. The summed E-state index contributed by atoms with van der Waals surface area (Å²) >= 11 is 12.2. The van der Waals surface area contributed by atoms with Gasteiger partial charge in [-0.2, -0.15) is 0 Å². The first-order chi connectivity index (χ1) is 11.0. The molecule has 122 valence electrons. The first kappa shape index (κ1) is 16.4. The summed E-state index contributed by atoms with van der Waals surface area (Å²) in [7, 11) is 0. The molecule has 0 aliphatic carbocycles. The summed E-state index contributed by atoms with van der Waals surface area (Å²) in [6.07, 6.45) is 1.99. The molecule has 0 unspecified atom stereocenters. The second-order valence-corrected chi connectivity index (χ2v) is 6.64. The summed E-state index contributed by atoms with van der Waals surface area (Å²) in [5.41, 5.74) is 2.27. The molecule has 1 N–H and O–H groups in total. The molecule has 0 fully saturated rings. The normalized spacial score (nSPS) is 15.0. The molecular weight excluding hydrogens is 337 g/mol. The third-order valence-electron chi connectivity index (χ3n) is 3.94. The smallest absolute Gasteiger partial charge is 0.254 e. The molecule has 3 heterocycles. The maximum atomic E-state index is 12.2. The monoisotopic (exact) mass is 353 g/mol. The van der Waals surface area contributed by atoms with Crippen LogP contribution in [0.15, 0.2) is 11.1 Å². The van der Waals surface area contributed by atoms with Crippen molar-refractivity contribution in [1.82, 2.24) is 24.8 Å². The average molecular weight is 354 g/mol. The molecular formula is C15H17Cl2N5O. The Morgan fingerprint density at radius 2 is 2.00 bits per heavy atom. The number of nitrogens with zero attached hydrogens (tertiary/aromatic N) is 4. The predicted molar refractivity (Wildman–Crippen MR) is 88.8 cm³/mol. The number of fused-ring (bicyclic) bond motifs is 1. The molecule has 3 rings (SSSR count). The van der Waals surface area contributed by atoms with Crippen molar-refractivity contribution in [2.45, 2.75) is 39.3 Å². The van der Waals surface area contributed by atoms with Crippen LogP contribution in [0.3, 0.4) is 0 Å². The summed E-state index contributed by atoms with van der Waals surface area (Å²) in [4.78, 5) is 29.8. The van der Waals surface area contributed by atoms with Crippen LogP contribution in [0.25, 0.3) is 0 Å². The Kier molecular flexibility index (Phi) is 4.66. The zero-order chi connectivity index (χ0) is 16.6. The summed E-state index contributed by atoms with van der Waals surface area (Å²) < 4.78 is 0. The highest BCUT2D eigenvalue weighted by Gasteiger charge is 2.23. The molecule has 6 nitrogen and oxygen atoms in total. The van der Waals surface area contributed by atoms with E-state index in [1.807, 2.05) is 13.8 Å². The van der Waals surface area contributed by atoms with Crippen molar-refractivity contribution in [3.63, 3.8) is 0 Å². The molecule has 0 saturated carbocycles. The maximum absolute atomic E-state index is 12.2. The quantitative estimate of drug-likeness (QED) is 0.858. The lowest BCUT2D eigenvalue weighted by atomic mass is 10.1. The summed E-state index contributed by atoms with van der Waals surface area (Å²) in [5, 5.41) is 0.718. The molecule has 23 heavy (non-hydrogen) atoms. The van der Waals surface area contributed by atoms with Crippen molar-refractivity contribution in [3.05, 3.63) is 49.6 Å². The zero-order valence-corrected chi connectivity index (χ0v) is 14.4. The van der Waals surface area contributed by atoms with Crippen molar-refractivity contribution in [3.8, 4) is 0 Å². The molecule has 8 heteroatoms. The number of aromatic nitrogens is 4. The second kappa shape index (κ2) is 6.55. The Labute approximate surface area is 143 Å². The zero-order valence-electron chi connectivity index (χ0n) is 12.9. The Hall–Kier alpha value is -1.50. The van der Waals surface area contributed by atoms with Gasteiger partial charge in [-0.15, -0.1) is 0 Å². The van der Waals surface area contributed by atoms with Crippen LogP contribution in [0.1, 0.15) is 42.4 Å². The van der Waals surface area contributed by atoms with Crippen LogP contribution < -0.4 is 5.56 Å². The standard InChI is InChI=1S/C15H17Cl2N5O/c1-8(2)14-20-11-6-22(4-3-9(11)15(23)21-14)5-10-12(16)18-7-19-13(10)17/h7-8H,3-6H2,1-2H3,(H,20,21,23). The van der Waals surface area contributed by atoms with E-state index in [0.717, 1.165) is 23.6 Å². The fraction of sp³-hybridized carbons (Fsp3) is 0.467. The van der Waals surface area contributed by atoms with E-state index in [1.165, 1.54) is 6.33 Å². The molecule has 0 bridgehead atoms. The molecule has 1 aliphatic rings. The lowest BCUT2D eigenvalue weighted by Crippen LogP contribution is -2.35. The fourth-order valence-electron chi connectivity index (χ4n) is 2.65. The number of halogens is 2. The van der Waals surface area contributed by atoms with Crippen molar-refractivity contribution in [2.24, 2.45) is 0 Å². The first-order valence-electron chi connectivity index (χ1n) is 7.45. The molecule has 0 radical (unpaired) electrons. The number of H-pyrrole nitrogens is 1. The largest absolute Gasteiger partial charge is 0.310 e. The van der Waals surface area contributed by atoms with E-state index in [4.69, 9.17) is 23.2 Å². The van der Waals surface area contributed by atoms with Crippen LogP contribution in [0, 0.1) is 0 Å². The molecule has 2 aromatic rings. The number of hydrogen-bond donors (Lipinski definition) is 1. The molecule has 1 aliphatic heterocycles. The van der Waals surface area contributed by atoms with Gasteiger partial charge in [-0.25, -0.2) is 15.0 Å². The lowest BCUT2D eigenvalue weighted by molar-refractivity contribution is 0.239. The van der Waals surface area contributed by atoms with Gasteiger partial charge in [-0.05, 0) is 6.42 Å². The minimum Gasteiger partial charge on any atom is -0.310 e. The van der Waals surface area contributed by atoms with E-state index in [0.29, 0.717) is 35.4 Å². The van der Waals surface area contributed by atoms with Crippen molar-refractivity contribution >= 4 is 23.2 Å². The summed E-state index contributed by atoms with van der Waals surface area (Å²) in [6, 6.07) is 0. The molecule has 0 amide bonds. The van der Waals surface area contributed by atoms with E-state index in [9.17, 15) is 4.79 Å². The van der Waals surface area contributed by atoms with Gasteiger partial charge in [0.25, 0.3) is 5.56 Å². The Balaban J connectivity index is 1.87. The minimum atomic E-state index is -0.0301.